The van der Waals surface area contributed by atoms with E-state index >= 15 is 0 Å². The van der Waals surface area contributed by atoms with E-state index in [1.807, 2.05) is 0 Å². The summed E-state index contributed by atoms with van der Waals surface area (Å²) in [5, 5.41) is 9.84. The molecular formula is C20H30O4. The molecule has 0 aliphatic heterocycles. The molecule has 134 valence electrons. The molecule has 0 aliphatic rings. The molecule has 0 fully saturated rings. The van der Waals surface area contributed by atoms with Gasteiger partial charge in [0.15, 0.2) is 6.10 Å². The van der Waals surface area contributed by atoms with Crippen LogP contribution in [0.2, 0.25) is 0 Å². The fraction of sp³-hybridized carbons (Fsp3) is 0.600. The number of benzene rings is 1. The molecule has 4 heteroatoms. The van der Waals surface area contributed by atoms with E-state index in [0.29, 0.717) is 5.56 Å². The van der Waals surface area contributed by atoms with Crippen molar-refractivity contribution in [3.63, 3.8) is 0 Å². The second-order valence-electron chi connectivity index (χ2n) is 6.18. The van der Waals surface area contributed by atoms with Gasteiger partial charge in [-0.15, -0.1) is 0 Å². The normalized spacial score (nSPS) is 11.9. The Balaban J connectivity index is 2.08. The number of unbranched alkanes of at least 4 members (excludes halogenated alkanes) is 8. The maximum atomic E-state index is 11.7. The third-order valence-corrected chi connectivity index (χ3v) is 4.04. The molecule has 24 heavy (non-hydrogen) atoms. The van der Waals surface area contributed by atoms with Gasteiger partial charge in [0, 0.05) is 6.42 Å². The van der Waals surface area contributed by atoms with Crippen molar-refractivity contribution in [3.05, 3.63) is 35.9 Å². The zero-order valence-corrected chi connectivity index (χ0v) is 14.7. The summed E-state index contributed by atoms with van der Waals surface area (Å²) in [4.78, 5) is 23.4. The van der Waals surface area contributed by atoms with Crippen LogP contribution in [-0.2, 0) is 14.3 Å². The van der Waals surface area contributed by atoms with Gasteiger partial charge in [-0.2, -0.15) is 0 Å². The van der Waals surface area contributed by atoms with Crippen molar-refractivity contribution in [2.24, 2.45) is 0 Å². The lowest BCUT2D eigenvalue weighted by Gasteiger charge is -2.09. The van der Waals surface area contributed by atoms with Crippen LogP contribution in [0.4, 0.5) is 0 Å². The average Bonchev–Trinajstić information content (AvgIpc) is 2.60. The minimum Gasteiger partial charge on any atom is -0.391 e. The summed E-state index contributed by atoms with van der Waals surface area (Å²) in [6.07, 6.45) is 9.27. The van der Waals surface area contributed by atoms with Gasteiger partial charge in [0.1, 0.15) is 0 Å². The standard InChI is InChI=1S/C20H30O4/c1-2-3-4-5-6-7-8-9-13-16-18(21)24-20(23)19(22)17-14-11-10-12-15-17/h10-12,14-15,19,22H,2-9,13,16H2,1H3. The smallest absolute Gasteiger partial charge is 0.347 e. The summed E-state index contributed by atoms with van der Waals surface area (Å²) in [7, 11) is 0. The molecular weight excluding hydrogens is 304 g/mol. The molecule has 0 saturated carbocycles. The number of aliphatic hydroxyl groups is 1. The number of rotatable bonds is 12. The van der Waals surface area contributed by atoms with Crippen LogP contribution in [0.1, 0.15) is 82.8 Å². The molecule has 0 aliphatic carbocycles. The van der Waals surface area contributed by atoms with Crippen LogP contribution >= 0.6 is 0 Å². The average molecular weight is 334 g/mol. The lowest BCUT2D eigenvalue weighted by Crippen LogP contribution is -2.19. The molecule has 0 amide bonds. The second-order valence-corrected chi connectivity index (χ2v) is 6.18. The molecule has 0 spiro atoms. The highest BCUT2D eigenvalue weighted by atomic mass is 16.6. The summed E-state index contributed by atoms with van der Waals surface area (Å²) >= 11 is 0. The van der Waals surface area contributed by atoms with E-state index in [1.54, 1.807) is 30.3 Å². The Morgan fingerprint density at radius 1 is 0.917 bits per heavy atom. The van der Waals surface area contributed by atoms with Crippen molar-refractivity contribution < 1.29 is 19.4 Å². The topological polar surface area (TPSA) is 63.6 Å². The molecule has 0 aromatic heterocycles. The Morgan fingerprint density at radius 3 is 2.04 bits per heavy atom. The van der Waals surface area contributed by atoms with Crippen molar-refractivity contribution >= 4 is 11.9 Å². The van der Waals surface area contributed by atoms with Gasteiger partial charge < -0.3 is 9.84 Å². The van der Waals surface area contributed by atoms with Gasteiger partial charge in [-0.25, -0.2) is 4.79 Å². The summed E-state index contributed by atoms with van der Waals surface area (Å²) in [6.45, 7) is 2.21. The Morgan fingerprint density at radius 2 is 1.46 bits per heavy atom. The quantitative estimate of drug-likeness (QED) is 0.341. The first-order chi connectivity index (χ1) is 11.6. The highest BCUT2D eigenvalue weighted by Gasteiger charge is 2.21. The van der Waals surface area contributed by atoms with Crippen molar-refractivity contribution in [1.82, 2.24) is 0 Å². The van der Waals surface area contributed by atoms with Crippen LogP contribution in [0, 0.1) is 0 Å². The number of ether oxygens (including phenoxy) is 1. The molecule has 1 N–H and O–H groups in total. The van der Waals surface area contributed by atoms with Crippen LogP contribution in [0.3, 0.4) is 0 Å². The van der Waals surface area contributed by atoms with Gasteiger partial charge in [0.05, 0.1) is 0 Å². The number of hydrogen-bond acceptors (Lipinski definition) is 4. The number of carbonyl (C=O) groups is 2. The molecule has 0 heterocycles. The van der Waals surface area contributed by atoms with Crippen LogP contribution < -0.4 is 0 Å². The molecule has 1 atom stereocenters. The van der Waals surface area contributed by atoms with Gasteiger partial charge in [-0.3, -0.25) is 4.79 Å². The summed E-state index contributed by atoms with van der Waals surface area (Å²) in [6, 6.07) is 8.47. The molecule has 1 aromatic carbocycles. The maximum Gasteiger partial charge on any atom is 0.347 e. The number of carbonyl (C=O) groups excluding carboxylic acids is 2. The summed E-state index contributed by atoms with van der Waals surface area (Å²) in [5.41, 5.74) is 0.429. The number of esters is 2. The fourth-order valence-corrected chi connectivity index (χ4v) is 2.57. The number of aliphatic hydroxyl groups excluding tert-OH is 1. The Bertz CT molecular complexity index is 470. The van der Waals surface area contributed by atoms with Gasteiger partial charge in [-0.05, 0) is 12.0 Å². The van der Waals surface area contributed by atoms with Gasteiger partial charge in [-0.1, -0.05) is 88.6 Å². The Hall–Kier alpha value is -1.68. The molecule has 1 unspecified atom stereocenters. The van der Waals surface area contributed by atoms with Crippen molar-refractivity contribution in [1.29, 1.82) is 0 Å². The van der Waals surface area contributed by atoms with Gasteiger partial charge in [0.25, 0.3) is 0 Å². The van der Waals surface area contributed by atoms with E-state index in [0.717, 1.165) is 19.3 Å². The minimum atomic E-state index is -1.40. The largest absolute Gasteiger partial charge is 0.391 e. The van der Waals surface area contributed by atoms with Crippen LogP contribution in [0.25, 0.3) is 0 Å². The first-order valence-corrected chi connectivity index (χ1v) is 9.12. The van der Waals surface area contributed by atoms with Gasteiger partial charge in [0.2, 0.25) is 0 Å². The third kappa shape index (κ3) is 8.82. The molecule has 0 saturated heterocycles. The van der Waals surface area contributed by atoms with Crippen LogP contribution in [0.15, 0.2) is 30.3 Å². The van der Waals surface area contributed by atoms with E-state index in [4.69, 9.17) is 4.74 Å². The molecule has 0 radical (unpaired) electrons. The fourth-order valence-electron chi connectivity index (χ4n) is 2.57. The second kappa shape index (κ2) is 12.7. The molecule has 1 aromatic rings. The van der Waals surface area contributed by atoms with E-state index in [9.17, 15) is 14.7 Å². The van der Waals surface area contributed by atoms with Gasteiger partial charge >= 0.3 is 11.9 Å². The highest BCUT2D eigenvalue weighted by Crippen LogP contribution is 2.15. The SMILES string of the molecule is CCCCCCCCCCCC(=O)OC(=O)C(O)c1ccccc1. The predicted octanol–water partition coefficient (Wildman–Crippen LogP) is 4.71. The lowest BCUT2D eigenvalue weighted by molar-refractivity contribution is -0.166. The first kappa shape index (κ1) is 20.4. The van der Waals surface area contributed by atoms with E-state index in [2.05, 4.69) is 6.92 Å². The lowest BCUT2D eigenvalue weighted by atomic mass is 10.1. The zero-order chi connectivity index (χ0) is 17.6. The highest BCUT2D eigenvalue weighted by molar-refractivity contribution is 5.88. The molecule has 1 rings (SSSR count). The Kier molecular flexibility index (Phi) is 10.8. The monoisotopic (exact) mass is 334 g/mol. The van der Waals surface area contributed by atoms with Crippen LogP contribution in [0.5, 0.6) is 0 Å². The summed E-state index contributed by atoms with van der Waals surface area (Å²) in [5.74, 6) is -1.46. The predicted molar refractivity (Wildman–Crippen MR) is 94.3 cm³/mol. The first-order valence-electron chi connectivity index (χ1n) is 9.12. The molecule has 4 nitrogen and oxygen atoms in total. The number of hydrogen-bond donors (Lipinski definition) is 1. The van der Waals surface area contributed by atoms with E-state index < -0.39 is 18.0 Å². The molecule has 0 bridgehead atoms. The van der Waals surface area contributed by atoms with Crippen LogP contribution in [-0.4, -0.2) is 17.0 Å². The van der Waals surface area contributed by atoms with Crippen molar-refractivity contribution in [3.8, 4) is 0 Å². The Labute approximate surface area is 145 Å². The van der Waals surface area contributed by atoms with Crippen molar-refractivity contribution in [2.75, 3.05) is 0 Å². The zero-order valence-electron chi connectivity index (χ0n) is 14.7. The van der Waals surface area contributed by atoms with Crippen molar-refractivity contribution in [2.45, 2.75) is 77.2 Å². The maximum absolute atomic E-state index is 11.7. The van der Waals surface area contributed by atoms with E-state index in [1.165, 1.54) is 38.5 Å². The minimum absolute atomic E-state index is 0.225. The summed E-state index contributed by atoms with van der Waals surface area (Å²) < 4.78 is 4.71. The third-order valence-electron chi connectivity index (χ3n) is 4.04. The van der Waals surface area contributed by atoms with E-state index in [-0.39, 0.29) is 6.42 Å².